The monoisotopic (exact) mass is 324 g/mol. The minimum atomic E-state index is -3.02. The number of nitrogens with zero attached hydrogens (tertiary/aromatic N) is 1. The fourth-order valence-corrected chi connectivity index (χ4v) is 5.16. The molecule has 0 bridgehead atoms. The number of hydrogen-bond donors (Lipinski definition) is 1. The average molecular weight is 324 g/mol. The number of nitrogen functional groups attached to an aromatic ring is 1. The summed E-state index contributed by atoms with van der Waals surface area (Å²) in [5.74, 6) is -0.0190. The summed E-state index contributed by atoms with van der Waals surface area (Å²) in [7, 11) is -3.02. The lowest BCUT2D eigenvalue weighted by Gasteiger charge is -2.32. The maximum Gasteiger partial charge on any atom is 0.264 e. The van der Waals surface area contributed by atoms with Gasteiger partial charge in [0, 0.05) is 23.0 Å². The third-order valence-corrected chi connectivity index (χ3v) is 6.58. The van der Waals surface area contributed by atoms with Crippen molar-refractivity contribution in [1.82, 2.24) is 4.90 Å². The Bertz CT molecular complexity index is 811. The summed E-state index contributed by atoms with van der Waals surface area (Å²) in [6, 6.07) is 7.09. The van der Waals surface area contributed by atoms with Gasteiger partial charge in [0.2, 0.25) is 0 Å². The Morgan fingerprint density at radius 3 is 2.86 bits per heavy atom. The molecular weight excluding hydrogens is 308 g/mol. The van der Waals surface area contributed by atoms with Gasteiger partial charge in [-0.3, -0.25) is 4.79 Å². The largest absolute Gasteiger partial charge is 0.399 e. The zero-order valence-electron chi connectivity index (χ0n) is 11.6. The summed E-state index contributed by atoms with van der Waals surface area (Å²) >= 11 is 1.41. The maximum atomic E-state index is 12.6. The second kappa shape index (κ2) is 4.99. The Kier molecular flexibility index (Phi) is 3.41. The van der Waals surface area contributed by atoms with E-state index in [0.717, 1.165) is 10.1 Å². The van der Waals surface area contributed by atoms with Crippen molar-refractivity contribution in [3.8, 4) is 0 Å². The lowest BCUT2D eigenvalue weighted by molar-refractivity contribution is 0.0717. The highest BCUT2D eigenvalue weighted by Gasteiger charge is 2.32. The van der Waals surface area contributed by atoms with Gasteiger partial charge < -0.3 is 10.6 Å². The van der Waals surface area contributed by atoms with Gasteiger partial charge >= 0.3 is 0 Å². The highest BCUT2D eigenvalue weighted by molar-refractivity contribution is 7.91. The van der Waals surface area contributed by atoms with Gasteiger partial charge in [-0.25, -0.2) is 8.42 Å². The van der Waals surface area contributed by atoms with E-state index in [9.17, 15) is 13.2 Å². The van der Waals surface area contributed by atoms with Gasteiger partial charge in [-0.1, -0.05) is 0 Å². The lowest BCUT2D eigenvalue weighted by atomic mass is 10.2. The Morgan fingerprint density at radius 1 is 1.38 bits per heavy atom. The highest BCUT2D eigenvalue weighted by atomic mass is 32.2. The molecule has 1 atom stereocenters. The number of anilines is 1. The van der Waals surface area contributed by atoms with Crippen LogP contribution >= 0.6 is 11.3 Å². The number of thiophene rings is 1. The molecule has 5 nitrogen and oxygen atoms in total. The van der Waals surface area contributed by atoms with Gasteiger partial charge in [-0.05, 0) is 36.6 Å². The third-order valence-electron chi connectivity index (χ3n) is 3.68. The van der Waals surface area contributed by atoms with Crippen LogP contribution in [-0.2, 0) is 9.84 Å². The SMILES string of the molecule is CC1CS(=O)(=O)CCN1C(=O)c1cc2cc(N)ccc2s1. The molecule has 1 aliphatic heterocycles. The Balaban J connectivity index is 1.90. The predicted octanol–water partition coefficient (Wildman–Crippen LogP) is 1.74. The van der Waals surface area contributed by atoms with Gasteiger partial charge in [0.1, 0.15) is 0 Å². The van der Waals surface area contributed by atoms with Crippen LogP contribution in [0.25, 0.3) is 10.1 Å². The molecule has 7 heteroatoms. The zero-order valence-corrected chi connectivity index (χ0v) is 13.2. The maximum absolute atomic E-state index is 12.6. The van der Waals surface area contributed by atoms with E-state index < -0.39 is 9.84 Å². The molecule has 1 aliphatic rings. The first-order chi connectivity index (χ1) is 9.85. The number of benzene rings is 1. The molecule has 21 heavy (non-hydrogen) atoms. The molecule has 2 heterocycles. The number of rotatable bonds is 1. The van der Waals surface area contributed by atoms with Crippen LogP contribution in [0.2, 0.25) is 0 Å². The molecule has 1 unspecified atom stereocenters. The molecule has 1 saturated heterocycles. The molecule has 0 aliphatic carbocycles. The van der Waals surface area contributed by atoms with Gasteiger partial charge in [0.05, 0.1) is 16.4 Å². The van der Waals surface area contributed by atoms with Crippen LogP contribution in [0.1, 0.15) is 16.6 Å². The van der Waals surface area contributed by atoms with Crippen LogP contribution < -0.4 is 5.73 Å². The van der Waals surface area contributed by atoms with Gasteiger partial charge in [0.25, 0.3) is 5.91 Å². The van der Waals surface area contributed by atoms with Crippen LogP contribution in [0.4, 0.5) is 5.69 Å². The van der Waals surface area contributed by atoms with E-state index in [4.69, 9.17) is 5.73 Å². The molecular formula is C14H16N2O3S2. The Morgan fingerprint density at radius 2 is 2.14 bits per heavy atom. The Hall–Kier alpha value is -1.60. The number of sulfone groups is 1. The van der Waals surface area contributed by atoms with Crippen molar-refractivity contribution in [1.29, 1.82) is 0 Å². The normalized spacial score (nSPS) is 21.6. The van der Waals surface area contributed by atoms with E-state index in [2.05, 4.69) is 0 Å². The van der Waals surface area contributed by atoms with Crippen molar-refractivity contribution in [3.05, 3.63) is 29.1 Å². The van der Waals surface area contributed by atoms with Crippen LogP contribution in [0.15, 0.2) is 24.3 Å². The second-order valence-electron chi connectivity index (χ2n) is 5.37. The molecule has 1 amide bonds. The van der Waals surface area contributed by atoms with Crippen molar-refractivity contribution in [2.24, 2.45) is 0 Å². The first kappa shape index (κ1) is 14.3. The summed E-state index contributed by atoms with van der Waals surface area (Å²) < 4.78 is 24.2. The summed E-state index contributed by atoms with van der Waals surface area (Å²) in [6.45, 7) is 2.04. The second-order valence-corrected chi connectivity index (χ2v) is 8.68. The van der Waals surface area contributed by atoms with E-state index in [0.29, 0.717) is 10.6 Å². The minimum Gasteiger partial charge on any atom is -0.399 e. The molecule has 2 N–H and O–H groups in total. The first-order valence-electron chi connectivity index (χ1n) is 6.66. The molecule has 1 aromatic heterocycles. The fourth-order valence-electron chi connectivity index (χ4n) is 2.61. The molecule has 1 fully saturated rings. The third kappa shape index (κ3) is 2.75. The van der Waals surface area contributed by atoms with Gasteiger partial charge in [-0.15, -0.1) is 11.3 Å². The Labute approximate surface area is 127 Å². The number of nitrogens with two attached hydrogens (primary N) is 1. The number of carbonyl (C=O) groups is 1. The van der Waals surface area contributed by atoms with Crippen LogP contribution in [-0.4, -0.2) is 43.3 Å². The molecule has 0 radical (unpaired) electrons. The lowest BCUT2D eigenvalue weighted by Crippen LogP contribution is -2.49. The van der Waals surface area contributed by atoms with E-state index in [1.54, 1.807) is 11.8 Å². The van der Waals surface area contributed by atoms with Crippen molar-refractivity contribution >= 4 is 42.9 Å². The van der Waals surface area contributed by atoms with Crippen molar-refractivity contribution in [2.45, 2.75) is 13.0 Å². The molecule has 3 rings (SSSR count). The topological polar surface area (TPSA) is 80.5 Å². The van der Waals surface area contributed by atoms with Crippen LogP contribution in [0.3, 0.4) is 0 Å². The molecule has 0 spiro atoms. The summed E-state index contributed by atoms with van der Waals surface area (Å²) in [4.78, 5) is 14.9. The molecule has 0 saturated carbocycles. The van der Waals surface area contributed by atoms with E-state index in [1.807, 2.05) is 24.3 Å². The van der Waals surface area contributed by atoms with Gasteiger partial charge in [0.15, 0.2) is 9.84 Å². The molecule has 2 aromatic rings. The zero-order chi connectivity index (χ0) is 15.2. The highest BCUT2D eigenvalue weighted by Crippen LogP contribution is 2.29. The average Bonchev–Trinajstić information content (AvgIpc) is 2.80. The number of fused-ring (bicyclic) bond motifs is 1. The quantitative estimate of drug-likeness (QED) is 0.810. The predicted molar refractivity (Wildman–Crippen MR) is 85.4 cm³/mol. The molecule has 1 aromatic carbocycles. The summed E-state index contributed by atoms with van der Waals surface area (Å²) in [5, 5.41) is 0.945. The van der Waals surface area contributed by atoms with Crippen molar-refractivity contribution in [3.63, 3.8) is 0 Å². The van der Waals surface area contributed by atoms with Crippen molar-refractivity contribution < 1.29 is 13.2 Å². The standard InChI is InChI=1S/C14H16N2O3S2/c1-9-8-21(18,19)5-4-16(9)14(17)13-7-10-6-11(15)2-3-12(10)20-13/h2-3,6-7,9H,4-5,8,15H2,1H3. The minimum absolute atomic E-state index is 0.0383. The van der Waals surface area contributed by atoms with E-state index in [-0.39, 0.29) is 30.0 Å². The smallest absolute Gasteiger partial charge is 0.264 e. The van der Waals surface area contributed by atoms with Crippen molar-refractivity contribution in [2.75, 3.05) is 23.8 Å². The van der Waals surface area contributed by atoms with Crippen LogP contribution in [0, 0.1) is 0 Å². The first-order valence-corrected chi connectivity index (χ1v) is 9.30. The van der Waals surface area contributed by atoms with E-state index >= 15 is 0 Å². The van der Waals surface area contributed by atoms with E-state index in [1.165, 1.54) is 11.3 Å². The summed E-state index contributed by atoms with van der Waals surface area (Å²) in [5.41, 5.74) is 6.41. The number of amides is 1. The fraction of sp³-hybridized carbons (Fsp3) is 0.357. The number of hydrogen-bond acceptors (Lipinski definition) is 5. The summed E-state index contributed by atoms with van der Waals surface area (Å²) in [6.07, 6.45) is 0. The molecule has 112 valence electrons. The van der Waals surface area contributed by atoms with Crippen LogP contribution in [0.5, 0.6) is 0 Å². The van der Waals surface area contributed by atoms with Gasteiger partial charge in [-0.2, -0.15) is 0 Å². The number of carbonyl (C=O) groups excluding carboxylic acids is 1.